The molecule has 1 unspecified atom stereocenters. The zero-order valence-corrected chi connectivity index (χ0v) is 15.2. The highest BCUT2D eigenvalue weighted by molar-refractivity contribution is 5.95. The van der Waals surface area contributed by atoms with Gasteiger partial charge >= 0.3 is 0 Å². The SMILES string of the molecule is CC(=O)Nc1cccc(Nc2cc(C(=O)N3CCCC(C)C3)ccn2)c1. The highest BCUT2D eigenvalue weighted by Crippen LogP contribution is 2.21. The first-order valence-electron chi connectivity index (χ1n) is 8.91. The van der Waals surface area contributed by atoms with E-state index in [9.17, 15) is 9.59 Å². The van der Waals surface area contributed by atoms with E-state index in [2.05, 4.69) is 22.5 Å². The number of nitrogens with one attached hydrogen (secondary N) is 2. The molecule has 0 spiro atoms. The molecular weight excluding hydrogens is 328 g/mol. The second kappa shape index (κ2) is 7.99. The standard InChI is InChI=1S/C20H24N4O2/c1-14-5-4-10-24(13-14)20(26)16-8-9-21-19(11-16)23-18-7-3-6-17(12-18)22-15(2)25/h3,6-9,11-12,14H,4-5,10,13H2,1-2H3,(H,21,23)(H,22,25). The largest absolute Gasteiger partial charge is 0.340 e. The predicted molar refractivity (Wildman–Crippen MR) is 103 cm³/mol. The van der Waals surface area contributed by atoms with Crippen LogP contribution in [-0.4, -0.2) is 34.8 Å². The maximum Gasteiger partial charge on any atom is 0.254 e. The first-order chi connectivity index (χ1) is 12.5. The maximum atomic E-state index is 12.7. The fraction of sp³-hybridized carbons (Fsp3) is 0.350. The van der Waals surface area contributed by atoms with Crippen molar-refractivity contribution in [2.45, 2.75) is 26.7 Å². The van der Waals surface area contributed by atoms with Crippen molar-refractivity contribution in [2.75, 3.05) is 23.7 Å². The molecule has 0 bridgehead atoms. The van der Waals surface area contributed by atoms with Crippen molar-refractivity contribution >= 4 is 29.0 Å². The number of benzene rings is 1. The van der Waals surface area contributed by atoms with Crippen molar-refractivity contribution in [1.29, 1.82) is 0 Å². The van der Waals surface area contributed by atoms with Crippen molar-refractivity contribution < 1.29 is 9.59 Å². The van der Waals surface area contributed by atoms with Gasteiger partial charge in [0.2, 0.25) is 5.91 Å². The van der Waals surface area contributed by atoms with Crippen LogP contribution in [0.2, 0.25) is 0 Å². The summed E-state index contributed by atoms with van der Waals surface area (Å²) in [5.74, 6) is 1.07. The smallest absolute Gasteiger partial charge is 0.254 e. The minimum Gasteiger partial charge on any atom is -0.340 e. The predicted octanol–water partition coefficient (Wildman–Crippen LogP) is 3.66. The molecule has 6 nitrogen and oxygen atoms in total. The molecule has 0 aliphatic carbocycles. The second-order valence-electron chi connectivity index (χ2n) is 6.82. The molecule has 2 amide bonds. The number of anilines is 3. The van der Waals surface area contributed by atoms with Crippen molar-refractivity contribution in [1.82, 2.24) is 9.88 Å². The van der Waals surface area contributed by atoms with E-state index in [-0.39, 0.29) is 11.8 Å². The van der Waals surface area contributed by atoms with Crippen molar-refractivity contribution in [3.05, 3.63) is 48.2 Å². The number of hydrogen-bond donors (Lipinski definition) is 2. The van der Waals surface area contributed by atoms with Crippen LogP contribution in [0, 0.1) is 5.92 Å². The monoisotopic (exact) mass is 352 g/mol. The highest BCUT2D eigenvalue weighted by atomic mass is 16.2. The highest BCUT2D eigenvalue weighted by Gasteiger charge is 2.22. The number of carbonyl (C=O) groups is 2. The third kappa shape index (κ3) is 4.59. The molecule has 2 heterocycles. The third-order valence-electron chi connectivity index (χ3n) is 4.41. The van der Waals surface area contributed by atoms with E-state index in [1.54, 1.807) is 18.3 Å². The van der Waals surface area contributed by atoms with E-state index < -0.39 is 0 Å². The normalized spacial score (nSPS) is 16.8. The number of rotatable bonds is 4. The molecule has 26 heavy (non-hydrogen) atoms. The number of likely N-dealkylation sites (tertiary alicyclic amines) is 1. The van der Waals surface area contributed by atoms with Crippen LogP contribution in [-0.2, 0) is 4.79 Å². The minimum absolute atomic E-state index is 0.0500. The summed E-state index contributed by atoms with van der Waals surface area (Å²) in [6.45, 7) is 5.27. The van der Waals surface area contributed by atoms with Gasteiger partial charge in [0.25, 0.3) is 5.91 Å². The molecule has 1 atom stereocenters. The van der Waals surface area contributed by atoms with E-state index in [1.807, 2.05) is 29.2 Å². The van der Waals surface area contributed by atoms with Gasteiger partial charge in [0.15, 0.2) is 0 Å². The Labute approximate surface area is 153 Å². The molecule has 1 fully saturated rings. The van der Waals surface area contributed by atoms with Gasteiger partial charge < -0.3 is 15.5 Å². The van der Waals surface area contributed by atoms with Gasteiger partial charge in [-0.05, 0) is 49.1 Å². The topological polar surface area (TPSA) is 74.3 Å². The molecule has 1 aliphatic heterocycles. The van der Waals surface area contributed by atoms with Crippen LogP contribution in [0.3, 0.4) is 0 Å². The van der Waals surface area contributed by atoms with E-state index in [4.69, 9.17) is 0 Å². The van der Waals surface area contributed by atoms with Crippen LogP contribution in [0.4, 0.5) is 17.2 Å². The first-order valence-corrected chi connectivity index (χ1v) is 8.91. The Hall–Kier alpha value is -2.89. The number of carbonyl (C=O) groups excluding carboxylic acids is 2. The zero-order chi connectivity index (χ0) is 18.5. The van der Waals surface area contributed by atoms with Crippen LogP contribution in [0.25, 0.3) is 0 Å². The summed E-state index contributed by atoms with van der Waals surface area (Å²) in [5, 5.41) is 5.94. The molecule has 1 aromatic carbocycles. The lowest BCUT2D eigenvalue weighted by Gasteiger charge is -2.31. The second-order valence-corrected chi connectivity index (χ2v) is 6.82. The van der Waals surface area contributed by atoms with Gasteiger partial charge in [0, 0.05) is 43.1 Å². The van der Waals surface area contributed by atoms with E-state index >= 15 is 0 Å². The van der Waals surface area contributed by atoms with Crippen LogP contribution in [0.5, 0.6) is 0 Å². The van der Waals surface area contributed by atoms with E-state index in [0.29, 0.717) is 23.0 Å². The molecular formula is C20H24N4O2. The van der Waals surface area contributed by atoms with Gasteiger partial charge in [-0.15, -0.1) is 0 Å². The fourth-order valence-corrected chi connectivity index (χ4v) is 3.21. The van der Waals surface area contributed by atoms with Gasteiger partial charge in [-0.25, -0.2) is 4.98 Å². The van der Waals surface area contributed by atoms with Crippen LogP contribution >= 0.6 is 0 Å². The van der Waals surface area contributed by atoms with Crippen molar-refractivity contribution in [3.8, 4) is 0 Å². The number of amides is 2. The maximum absolute atomic E-state index is 12.7. The molecule has 3 rings (SSSR count). The van der Waals surface area contributed by atoms with Crippen molar-refractivity contribution in [2.24, 2.45) is 5.92 Å². The van der Waals surface area contributed by atoms with Gasteiger partial charge in [-0.2, -0.15) is 0 Å². The van der Waals surface area contributed by atoms with E-state index in [1.165, 1.54) is 13.3 Å². The Bertz CT molecular complexity index is 806. The summed E-state index contributed by atoms with van der Waals surface area (Å²) in [6.07, 6.45) is 3.87. The zero-order valence-electron chi connectivity index (χ0n) is 15.2. The van der Waals surface area contributed by atoms with E-state index in [0.717, 1.165) is 25.2 Å². The molecule has 2 N–H and O–H groups in total. The molecule has 0 radical (unpaired) electrons. The number of piperidine rings is 1. The fourth-order valence-electron chi connectivity index (χ4n) is 3.21. The molecule has 1 saturated heterocycles. The molecule has 136 valence electrons. The van der Waals surface area contributed by atoms with Crippen molar-refractivity contribution in [3.63, 3.8) is 0 Å². The Morgan fingerprint density at radius 3 is 2.77 bits per heavy atom. The van der Waals surface area contributed by atoms with Gasteiger partial charge in [0.1, 0.15) is 5.82 Å². The molecule has 1 aromatic heterocycles. The van der Waals surface area contributed by atoms with Gasteiger partial charge in [-0.1, -0.05) is 13.0 Å². The lowest BCUT2D eigenvalue weighted by molar-refractivity contribution is -0.114. The summed E-state index contributed by atoms with van der Waals surface area (Å²) in [4.78, 5) is 30.2. The Morgan fingerprint density at radius 1 is 1.19 bits per heavy atom. The number of pyridine rings is 1. The number of nitrogens with zero attached hydrogens (tertiary/aromatic N) is 2. The number of aromatic nitrogens is 1. The van der Waals surface area contributed by atoms with Crippen LogP contribution in [0.1, 0.15) is 37.0 Å². The first kappa shape index (κ1) is 17.9. The average molecular weight is 352 g/mol. The Balaban J connectivity index is 1.73. The number of hydrogen-bond acceptors (Lipinski definition) is 4. The quantitative estimate of drug-likeness (QED) is 0.881. The minimum atomic E-state index is -0.122. The third-order valence-corrected chi connectivity index (χ3v) is 4.41. The molecule has 6 heteroatoms. The Kier molecular flexibility index (Phi) is 5.51. The van der Waals surface area contributed by atoms with Crippen LogP contribution in [0.15, 0.2) is 42.6 Å². The summed E-state index contributed by atoms with van der Waals surface area (Å²) in [5.41, 5.74) is 2.13. The van der Waals surface area contributed by atoms with Gasteiger partial charge in [0.05, 0.1) is 0 Å². The molecule has 1 aliphatic rings. The lowest BCUT2D eigenvalue weighted by atomic mass is 9.99. The summed E-state index contributed by atoms with van der Waals surface area (Å²) >= 11 is 0. The van der Waals surface area contributed by atoms with Crippen LogP contribution < -0.4 is 10.6 Å². The van der Waals surface area contributed by atoms with Gasteiger partial charge in [-0.3, -0.25) is 9.59 Å². The molecule has 2 aromatic rings. The Morgan fingerprint density at radius 2 is 2.00 bits per heavy atom. The average Bonchev–Trinajstić information content (AvgIpc) is 2.61. The summed E-state index contributed by atoms with van der Waals surface area (Å²) in [7, 11) is 0. The summed E-state index contributed by atoms with van der Waals surface area (Å²) in [6, 6.07) is 10.9. The molecule has 0 saturated carbocycles. The lowest BCUT2D eigenvalue weighted by Crippen LogP contribution is -2.39. The summed E-state index contributed by atoms with van der Waals surface area (Å²) < 4.78 is 0.